The first kappa shape index (κ1) is 19.1. The molecule has 0 N–H and O–H groups in total. The van der Waals surface area contributed by atoms with Gasteiger partial charge in [0.25, 0.3) is 0 Å². The Morgan fingerprint density at radius 1 is 1.00 bits per heavy atom. The van der Waals surface area contributed by atoms with E-state index in [2.05, 4.69) is 25.6 Å². The van der Waals surface area contributed by atoms with Crippen molar-refractivity contribution in [3.05, 3.63) is 42.0 Å². The summed E-state index contributed by atoms with van der Waals surface area (Å²) in [6, 6.07) is 8.11. The average molecular weight is 250 g/mol. The van der Waals surface area contributed by atoms with Gasteiger partial charge in [0.15, 0.2) is 0 Å². The zero-order chi connectivity index (χ0) is 14.8. The molecule has 0 bridgehead atoms. The second-order valence-electron chi connectivity index (χ2n) is 5.23. The summed E-state index contributed by atoms with van der Waals surface area (Å²) in [4.78, 5) is 0. The fourth-order valence-electron chi connectivity index (χ4n) is 0.960. The van der Waals surface area contributed by atoms with Gasteiger partial charge in [0, 0.05) is 0 Å². The number of rotatable bonds is 1. The van der Waals surface area contributed by atoms with Crippen molar-refractivity contribution in [1.29, 1.82) is 0 Å². The van der Waals surface area contributed by atoms with Gasteiger partial charge >= 0.3 is 0 Å². The highest BCUT2D eigenvalue weighted by atomic mass is 16.5. The first-order valence-electron chi connectivity index (χ1n) is 6.58. The van der Waals surface area contributed by atoms with Gasteiger partial charge in [0.05, 0.1) is 0 Å². The molecule has 0 saturated heterocycles. The molecule has 0 spiro atoms. The van der Waals surface area contributed by atoms with E-state index >= 15 is 0 Å². The van der Waals surface area contributed by atoms with Gasteiger partial charge in [-0.05, 0) is 53.7 Å². The van der Waals surface area contributed by atoms with Crippen molar-refractivity contribution in [1.82, 2.24) is 0 Å². The first-order valence-corrected chi connectivity index (χ1v) is 6.58. The van der Waals surface area contributed by atoms with Gasteiger partial charge in [-0.2, -0.15) is 0 Å². The summed E-state index contributed by atoms with van der Waals surface area (Å²) >= 11 is 0. The van der Waals surface area contributed by atoms with Crippen molar-refractivity contribution < 1.29 is 4.74 Å². The Balaban J connectivity index is 0. The van der Waals surface area contributed by atoms with Crippen molar-refractivity contribution in [3.8, 4) is 5.75 Å². The standard InChI is InChI=1S/C11H16O.C4H8.C2H6/c1-9-5-7-10(8-6-9)12-11(2,3)4;1-4(2)3;1-2/h5-8H,1-4H3;1H2,2-3H3;1-2H3. The largest absolute Gasteiger partial charge is 0.488 e. The molecule has 0 heterocycles. The number of allylic oxidation sites excluding steroid dienone is 1. The molecule has 0 amide bonds. The van der Waals surface area contributed by atoms with Crippen molar-refractivity contribution in [3.63, 3.8) is 0 Å². The molecule has 1 aromatic rings. The first-order chi connectivity index (χ1) is 8.20. The van der Waals surface area contributed by atoms with Crippen LogP contribution in [0.5, 0.6) is 5.75 Å². The Morgan fingerprint density at radius 2 is 1.33 bits per heavy atom. The van der Waals surface area contributed by atoms with E-state index in [1.54, 1.807) is 0 Å². The van der Waals surface area contributed by atoms with Crippen molar-refractivity contribution in [2.45, 2.75) is 61.0 Å². The monoisotopic (exact) mass is 250 g/mol. The highest BCUT2D eigenvalue weighted by molar-refractivity contribution is 5.26. The normalized spacial score (nSPS) is 9.33. The molecule has 0 aliphatic carbocycles. The van der Waals surface area contributed by atoms with Gasteiger partial charge in [-0.15, -0.1) is 6.58 Å². The van der Waals surface area contributed by atoms with Crippen LogP contribution in [-0.2, 0) is 0 Å². The summed E-state index contributed by atoms with van der Waals surface area (Å²) < 4.78 is 5.66. The molecule has 104 valence electrons. The predicted octanol–water partition coefficient (Wildman–Crippen LogP) is 5.78. The van der Waals surface area contributed by atoms with Crippen LogP contribution in [0.15, 0.2) is 36.4 Å². The smallest absolute Gasteiger partial charge is 0.120 e. The van der Waals surface area contributed by atoms with Crippen LogP contribution in [0.25, 0.3) is 0 Å². The van der Waals surface area contributed by atoms with Crippen LogP contribution in [0.3, 0.4) is 0 Å². The van der Waals surface area contributed by atoms with Gasteiger partial charge in [-0.1, -0.05) is 37.1 Å². The SMILES string of the molecule is C=C(C)C.CC.Cc1ccc(OC(C)(C)C)cc1. The average Bonchev–Trinajstić information content (AvgIpc) is 2.22. The molecule has 0 fully saturated rings. The Morgan fingerprint density at radius 3 is 1.61 bits per heavy atom. The zero-order valence-electron chi connectivity index (χ0n) is 13.4. The maximum absolute atomic E-state index is 5.66. The summed E-state index contributed by atoms with van der Waals surface area (Å²) in [5.41, 5.74) is 2.33. The Bertz CT molecular complexity index is 310. The maximum atomic E-state index is 5.66. The molecule has 1 nitrogen and oxygen atoms in total. The van der Waals surface area contributed by atoms with Gasteiger partial charge in [0.1, 0.15) is 11.4 Å². The molecular weight excluding hydrogens is 220 g/mol. The molecule has 0 aliphatic heterocycles. The Kier molecular flexibility index (Phi) is 10.4. The minimum atomic E-state index is -0.102. The van der Waals surface area contributed by atoms with Crippen LogP contribution >= 0.6 is 0 Å². The number of ether oxygens (including phenoxy) is 1. The molecule has 0 atom stereocenters. The second-order valence-corrected chi connectivity index (χ2v) is 5.23. The van der Waals surface area contributed by atoms with E-state index in [4.69, 9.17) is 4.74 Å². The summed E-state index contributed by atoms with van der Waals surface area (Å²) in [6.45, 7) is 19.7. The van der Waals surface area contributed by atoms with Crippen LogP contribution in [0.2, 0.25) is 0 Å². The molecule has 1 aromatic carbocycles. The number of benzene rings is 1. The number of hydrogen-bond acceptors (Lipinski definition) is 1. The number of hydrogen-bond donors (Lipinski definition) is 0. The quantitative estimate of drug-likeness (QED) is 0.574. The molecule has 0 saturated carbocycles. The van der Waals surface area contributed by atoms with Crippen molar-refractivity contribution in [2.75, 3.05) is 0 Å². The summed E-state index contributed by atoms with van der Waals surface area (Å²) in [7, 11) is 0. The highest BCUT2D eigenvalue weighted by Gasteiger charge is 2.10. The zero-order valence-corrected chi connectivity index (χ0v) is 13.4. The van der Waals surface area contributed by atoms with Gasteiger partial charge in [0.2, 0.25) is 0 Å². The lowest BCUT2D eigenvalue weighted by molar-refractivity contribution is 0.131. The van der Waals surface area contributed by atoms with E-state index < -0.39 is 0 Å². The molecule has 0 unspecified atom stereocenters. The Labute approximate surface area is 114 Å². The minimum absolute atomic E-state index is 0.102. The van der Waals surface area contributed by atoms with Crippen LogP contribution in [0.4, 0.5) is 0 Å². The van der Waals surface area contributed by atoms with Crippen LogP contribution < -0.4 is 4.74 Å². The predicted molar refractivity (Wildman–Crippen MR) is 83.4 cm³/mol. The summed E-state index contributed by atoms with van der Waals surface area (Å²) in [5.74, 6) is 0.938. The van der Waals surface area contributed by atoms with Crippen LogP contribution in [0, 0.1) is 6.92 Å². The Hall–Kier alpha value is -1.24. The topological polar surface area (TPSA) is 9.23 Å². The van der Waals surface area contributed by atoms with Crippen molar-refractivity contribution in [2.24, 2.45) is 0 Å². The molecule has 0 aliphatic rings. The van der Waals surface area contributed by atoms with E-state index in [0.29, 0.717) is 0 Å². The number of aryl methyl sites for hydroxylation is 1. The lowest BCUT2D eigenvalue weighted by atomic mass is 10.2. The molecule has 18 heavy (non-hydrogen) atoms. The molecular formula is C17H30O. The third kappa shape index (κ3) is 14.8. The molecule has 0 radical (unpaired) electrons. The fraction of sp³-hybridized carbons (Fsp3) is 0.529. The minimum Gasteiger partial charge on any atom is -0.488 e. The molecule has 1 heteroatoms. The van der Waals surface area contributed by atoms with Crippen molar-refractivity contribution >= 4 is 0 Å². The van der Waals surface area contributed by atoms with E-state index in [0.717, 1.165) is 5.75 Å². The lowest BCUT2D eigenvalue weighted by Gasteiger charge is -2.21. The van der Waals surface area contributed by atoms with E-state index in [1.165, 1.54) is 11.1 Å². The van der Waals surface area contributed by atoms with Gasteiger partial charge in [-0.25, -0.2) is 0 Å². The van der Waals surface area contributed by atoms with E-state index in [9.17, 15) is 0 Å². The summed E-state index contributed by atoms with van der Waals surface area (Å²) in [5, 5.41) is 0. The van der Waals surface area contributed by atoms with Crippen LogP contribution in [0.1, 0.15) is 54.0 Å². The third-order valence-corrected chi connectivity index (χ3v) is 1.45. The van der Waals surface area contributed by atoms with E-state index in [-0.39, 0.29) is 5.60 Å². The second kappa shape index (κ2) is 9.76. The maximum Gasteiger partial charge on any atom is 0.120 e. The highest BCUT2D eigenvalue weighted by Crippen LogP contribution is 2.17. The lowest BCUT2D eigenvalue weighted by Crippen LogP contribution is -2.22. The third-order valence-electron chi connectivity index (χ3n) is 1.45. The van der Waals surface area contributed by atoms with Gasteiger partial charge in [-0.3, -0.25) is 0 Å². The molecule has 1 rings (SSSR count). The fourth-order valence-corrected chi connectivity index (χ4v) is 0.960. The summed E-state index contributed by atoms with van der Waals surface area (Å²) in [6.07, 6.45) is 0. The van der Waals surface area contributed by atoms with Crippen LogP contribution in [-0.4, -0.2) is 5.60 Å². The molecule has 0 aromatic heterocycles. The van der Waals surface area contributed by atoms with Gasteiger partial charge < -0.3 is 4.74 Å². The van der Waals surface area contributed by atoms with E-state index in [1.807, 2.05) is 60.6 Å².